The van der Waals surface area contributed by atoms with E-state index >= 15 is 0 Å². The maximum Gasteiger partial charge on any atom is 0.337 e. The van der Waals surface area contributed by atoms with Gasteiger partial charge in [0, 0.05) is 19.0 Å². The minimum absolute atomic E-state index is 0.0581. The van der Waals surface area contributed by atoms with E-state index in [1.165, 1.54) is 10.6 Å². The normalized spacial score (nSPS) is 11.7. The Kier molecular flexibility index (Phi) is 5.80. The Labute approximate surface area is 167 Å². The van der Waals surface area contributed by atoms with Crippen molar-refractivity contribution >= 4 is 27.5 Å². The van der Waals surface area contributed by atoms with E-state index in [0.717, 1.165) is 9.87 Å². The molecule has 0 bridgehead atoms. The summed E-state index contributed by atoms with van der Waals surface area (Å²) in [5.74, 6) is -1.11. The molecule has 0 saturated carbocycles. The Morgan fingerprint density at radius 3 is 2.76 bits per heavy atom. The molecular weight excluding hydrogens is 398 g/mol. The lowest BCUT2D eigenvalue weighted by atomic mass is 10.1. The summed E-state index contributed by atoms with van der Waals surface area (Å²) in [6, 6.07) is 4.56. The van der Waals surface area contributed by atoms with Crippen molar-refractivity contribution in [1.29, 1.82) is 0 Å². The average molecular weight is 419 g/mol. The third-order valence-corrected chi connectivity index (χ3v) is 5.76. The fraction of sp³-hybridized carbons (Fsp3) is 0.333. The van der Waals surface area contributed by atoms with Gasteiger partial charge in [-0.3, -0.25) is 4.31 Å². The zero-order valence-corrected chi connectivity index (χ0v) is 17.0. The van der Waals surface area contributed by atoms with Crippen LogP contribution in [0, 0.1) is 13.8 Å². The van der Waals surface area contributed by atoms with Gasteiger partial charge in [0.05, 0.1) is 24.4 Å². The van der Waals surface area contributed by atoms with E-state index in [2.05, 4.69) is 15.1 Å². The van der Waals surface area contributed by atoms with Crippen LogP contribution in [-0.4, -0.2) is 58.8 Å². The number of carboxylic acid groups (broad SMARTS) is 1. The molecule has 3 aromatic rings. The summed E-state index contributed by atoms with van der Waals surface area (Å²) in [5, 5.41) is 13.2. The number of aromatic carboxylic acids is 1. The van der Waals surface area contributed by atoms with Gasteiger partial charge in [-0.25, -0.2) is 14.3 Å². The van der Waals surface area contributed by atoms with Crippen LogP contribution >= 0.6 is 0 Å². The van der Waals surface area contributed by atoms with Crippen molar-refractivity contribution in [1.82, 2.24) is 19.6 Å². The van der Waals surface area contributed by atoms with Gasteiger partial charge >= 0.3 is 16.0 Å². The van der Waals surface area contributed by atoms with Crippen LogP contribution in [0.5, 0.6) is 0 Å². The van der Waals surface area contributed by atoms with Gasteiger partial charge < -0.3 is 9.84 Å². The molecule has 0 spiro atoms. The second-order valence-corrected chi connectivity index (χ2v) is 8.08. The summed E-state index contributed by atoms with van der Waals surface area (Å²) in [7, 11) is -4.28. The average Bonchev–Trinajstić information content (AvgIpc) is 3.09. The summed E-state index contributed by atoms with van der Waals surface area (Å²) in [6.45, 7) is 5.60. The predicted molar refractivity (Wildman–Crippen MR) is 105 cm³/mol. The fourth-order valence-corrected chi connectivity index (χ4v) is 4.25. The molecule has 2 aromatic heterocycles. The van der Waals surface area contributed by atoms with Gasteiger partial charge in [0.15, 0.2) is 0 Å². The first kappa shape index (κ1) is 20.7. The van der Waals surface area contributed by atoms with Gasteiger partial charge in [0.2, 0.25) is 0 Å². The Morgan fingerprint density at radius 2 is 2.07 bits per heavy atom. The van der Waals surface area contributed by atoms with Gasteiger partial charge in [0.1, 0.15) is 0 Å². The highest BCUT2D eigenvalue weighted by atomic mass is 32.2. The van der Waals surface area contributed by atoms with E-state index in [9.17, 15) is 18.3 Å². The fourth-order valence-electron chi connectivity index (χ4n) is 2.87. The van der Waals surface area contributed by atoms with Crippen LogP contribution in [0.15, 0.2) is 35.7 Å². The molecule has 154 valence electrons. The maximum absolute atomic E-state index is 13.4. The van der Waals surface area contributed by atoms with Crippen LogP contribution in [0.25, 0.3) is 5.78 Å². The van der Waals surface area contributed by atoms with Crippen molar-refractivity contribution in [2.75, 3.05) is 24.1 Å². The Hall–Kier alpha value is -3.05. The van der Waals surface area contributed by atoms with Crippen LogP contribution in [-0.2, 0) is 14.8 Å². The largest absolute Gasteiger partial charge is 0.478 e. The zero-order chi connectivity index (χ0) is 21.2. The third-order valence-electron chi connectivity index (χ3n) is 4.18. The third kappa shape index (κ3) is 4.05. The monoisotopic (exact) mass is 419 g/mol. The summed E-state index contributed by atoms with van der Waals surface area (Å²) < 4.78 is 34.4. The number of aryl methyl sites for hydroxylation is 2. The SMILES string of the molecule is CCOCCN(c1c(C)cccc1C(=O)O)S(=O)(=O)c1nc2ncc(C)cn2n1. The number of para-hydroxylation sites is 1. The molecule has 0 atom stereocenters. The summed E-state index contributed by atoms with van der Waals surface area (Å²) in [4.78, 5) is 19.9. The number of sulfonamides is 1. The number of hydrogen-bond donors (Lipinski definition) is 1. The molecule has 0 aliphatic heterocycles. The van der Waals surface area contributed by atoms with Crippen LogP contribution in [0.4, 0.5) is 5.69 Å². The van der Waals surface area contributed by atoms with Crippen LogP contribution in [0.3, 0.4) is 0 Å². The van der Waals surface area contributed by atoms with Crippen LogP contribution < -0.4 is 4.31 Å². The number of aromatic nitrogens is 4. The van der Waals surface area contributed by atoms with Gasteiger partial charge in [-0.05, 0) is 38.0 Å². The molecule has 29 heavy (non-hydrogen) atoms. The van der Waals surface area contributed by atoms with Crippen molar-refractivity contribution in [2.24, 2.45) is 0 Å². The first-order valence-electron chi connectivity index (χ1n) is 8.88. The molecule has 0 aliphatic carbocycles. The zero-order valence-electron chi connectivity index (χ0n) is 16.2. The molecular formula is C18H21N5O5S. The van der Waals surface area contributed by atoms with Gasteiger partial charge in [-0.2, -0.15) is 13.4 Å². The summed E-state index contributed by atoms with van der Waals surface area (Å²) in [6.07, 6.45) is 3.16. The number of carboxylic acids is 1. The Bertz CT molecular complexity index is 1160. The number of rotatable bonds is 8. The Morgan fingerprint density at radius 1 is 1.31 bits per heavy atom. The second-order valence-electron chi connectivity index (χ2n) is 6.32. The molecule has 1 aromatic carbocycles. The highest BCUT2D eigenvalue weighted by molar-refractivity contribution is 7.92. The number of hydrogen-bond acceptors (Lipinski definition) is 7. The quantitative estimate of drug-likeness (QED) is 0.546. The number of carbonyl (C=O) groups is 1. The van der Waals surface area contributed by atoms with E-state index in [-0.39, 0.29) is 30.2 Å². The number of ether oxygens (including phenoxy) is 1. The molecule has 0 radical (unpaired) electrons. The minimum atomic E-state index is -4.28. The lowest BCUT2D eigenvalue weighted by Crippen LogP contribution is -2.36. The molecule has 0 fully saturated rings. The summed E-state index contributed by atoms with van der Waals surface area (Å²) >= 11 is 0. The predicted octanol–water partition coefficient (Wildman–Crippen LogP) is 1.67. The van der Waals surface area contributed by atoms with Gasteiger partial charge in [0.25, 0.3) is 10.9 Å². The maximum atomic E-state index is 13.4. The highest BCUT2D eigenvalue weighted by Gasteiger charge is 2.33. The van der Waals surface area contributed by atoms with Crippen molar-refractivity contribution in [3.8, 4) is 0 Å². The van der Waals surface area contributed by atoms with Crippen molar-refractivity contribution in [2.45, 2.75) is 25.9 Å². The molecule has 0 saturated heterocycles. The van der Waals surface area contributed by atoms with E-state index in [4.69, 9.17) is 4.74 Å². The molecule has 11 heteroatoms. The highest BCUT2D eigenvalue weighted by Crippen LogP contribution is 2.29. The smallest absolute Gasteiger partial charge is 0.337 e. The first-order chi connectivity index (χ1) is 13.8. The van der Waals surface area contributed by atoms with Crippen LogP contribution in [0.2, 0.25) is 0 Å². The number of anilines is 1. The lowest BCUT2D eigenvalue weighted by Gasteiger charge is -2.25. The molecule has 0 amide bonds. The van der Waals surface area contributed by atoms with E-state index in [0.29, 0.717) is 12.2 Å². The lowest BCUT2D eigenvalue weighted by molar-refractivity contribution is 0.0697. The second kappa shape index (κ2) is 8.13. The summed E-state index contributed by atoms with van der Waals surface area (Å²) in [5.41, 5.74) is 1.19. The number of nitrogens with zero attached hydrogens (tertiary/aromatic N) is 5. The van der Waals surface area contributed by atoms with Crippen molar-refractivity contribution < 1.29 is 23.1 Å². The number of fused-ring (bicyclic) bond motifs is 1. The molecule has 10 nitrogen and oxygen atoms in total. The molecule has 0 aliphatic rings. The van der Waals surface area contributed by atoms with Gasteiger partial charge in [-0.15, -0.1) is 5.10 Å². The Balaban J connectivity index is 2.16. The minimum Gasteiger partial charge on any atom is -0.478 e. The van der Waals surface area contributed by atoms with E-state index < -0.39 is 21.1 Å². The van der Waals surface area contributed by atoms with Crippen LogP contribution in [0.1, 0.15) is 28.4 Å². The standard InChI is InChI=1S/C18H21N5O5S/c1-4-28-9-8-23(15-13(3)6-5-7-14(15)16(24)25)29(26,27)18-20-17-19-10-12(2)11-22(17)21-18/h5-7,10-11H,4,8-9H2,1-3H3,(H,24,25). The topological polar surface area (TPSA) is 127 Å². The van der Waals surface area contributed by atoms with E-state index in [1.54, 1.807) is 45.3 Å². The first-order valence-corrected chi connectivity index (χ1v) is 10.3. The molecule has 2 heterocycles. The molecule has 1 N–H and O–H groups in total. The molecule has 0 unspecified atom stereocenters. The van der Waals surface area contributed by atoms with Crippen molar-refractivity contribution in [3.63, 3.8) is 0 Å². The molecule has 3 rings (SSSR count). The van der Waals surface area contributed by atoms with Crippen molar-refractivity contribution in [3.05, 3.63) is 47.3 Å². The van der Waals surface area contributed by atoms with E-state index in [1.807, 2.05) is 0 Å². The number of benzene rings is 1. The van der Waals surface area contributed by atoms with Gasteiger partial charge in [-0.1, -0.05) is 12.1 Å².